The third-order valence-electron chi connectivity index (χ3n) is 3.01. The lowest BCUT2D eigenvalue weighted by Crippen LogP contribution is -2.33. The van der Waals surface area contributed by atoms with Crippen LogP contribution >= 0.6 is 11.6 Å². The third-order valence-corrected chi connectivity index (χ3v) is 4.42. The van der Waals surface area contributed by atoms with E-state index < -0.39 is 26.7 Å². The Labute approximate surface area is 137 Å². The molecule has 0 aliphatic carbocycles. The number of amides is 2. The number of nitrogens with two attached hydrogens (primary N) is 2. The molecule has 2 rings (SSSR count). The minimum absolute atomic E-state index is 0.186. The quantitative estimate of drug-likeness (QED) is 0.747. The zero-order chi connectivity index (χ0) is 17.5. The van der Waals surface area contributed by atoms with Crippen molar-refractivity contribution in [3.63, 3.8) is 0 Å². The van der Waals surface area contributed by atoms with Crippen LogP contribution in [-0.4, -0.2) is 29.3 Å². The predicted octanol–water partition coefficient (Wildman–Crippen LogP) is 0.952. The van der Waals surface area contributed by atoms with E-state index in [4.69, 9.17) is 22.5 Å². The van der Waals surface area contributed by atoms with E-state index in [1.165, 1.54) is 22.9 Å². The Hall–Kier alpha value is -2.30. The van der Waals surface area contributed by atoms with Gasteiger partial charge in [0.25, 0.3) is 0 Å². The molecular formula is C12H14ClN5O4S. The fourth-order valence-corrected chi connectivity index (χ4v) is 3.34. The van der Waals surface area contributed by atoms with Gasteiger partial charge in [-0.3, -0.25) is 4.68 Å². The summed E-state index contributed by atoms with van der Waals surface area (Å²) in [6.07, 6.45) is 0. The number of benzene rings is 1. The molecule has 11 heteroatoms. The lowest BCUT2D eigenvalue weighted by Gasteiger charge is -2.22. The topological polar surface area (TPSA) is 145 Å². The van der Waals surface area contributed by atoms with E-state index in [0.29, 0.717) is 5.69 Å². The maximum Gasteiger partial charge on any atom is 0.325 e. The van der Waals surface area contributed by atoms with Gasteiger partial charge in [0.15, 0.2) is 5.75 Å². The van der Waals surface area contributed by atoms with Crippen molar-refractivity contribution >= 4 is 39.2 Å². The van der Waals surface area contributed by atoms with Crippen molar-refractivity contribution < 1.29 is 18.3 Å². The van der Waals surface area contributed by atoms with Crippen LogP contribution in [0.5, 0.6) is 5.75 Å². The summed E-state index contributed by atoms with van der Waals surface area (Å²) in [7, 11) is -2.75. The molecule has 0 bridgehead atoms. The van der Waals surface area contributed by atoms with E-state index in [9.17, 15) is 18.3 Å². The number of rotatable bonds is 3. The van der Waals surface area contributed by atoms with Crippen LogP contribution in [0.3, 0.4) is 0 Å². The van der Waals surface area contributed by atoms with Crippen LogP contribution in [0.25, 0.3) is 0 Å². The summed E-state index contributed by atoms with van der Waals surface area (Å²) in [5, 5.41) is 19.1. The smallest absolute Gasteiger partial charge is 0.325 e. The summed E-state index contributed by atoms with van der Waals surface area (Å²) in [6, 6.07) is 3.02. The number of sulfonamides is 1. The molecule has 1 heterocycles. The molecule has 0 spiro atoms. The highest BCUT2D eigenvalue weighted by molar-refractivity contribution is 7.89. The number of carbonyl (C=O) groups is 1. The Morgan fingerprint density at radius 1 is 1.43 bits per heavy atom. The number of aromatic hydroxyl groups is 1. The SMILES string of the molecule is Cc1cc(N(C(N)=O)c2ccc(Cl)c(S(N)(=O)=O)c2O)n(C)n1. The number of nitrogens with zero attached hydrogens (tertiary/aromatic N) is 3. The number of halogens is 1. The van der Waals surface area contributed by atoms with Gasteiger partial charge in [-0.15, -0.1) is 0 Å². The molecule has 0 unspecified atom stereocenters. The molecule has 1 aromatic carbocycles. The van der Waals surface area contributed by atoms with Crippen molar-refractivity contribution in [2.45, 2.75) is 11.8 Å². The first kappa shape index (κ1) is 17.1. The molecule has 0 saturated heterocycles. The fraction of sp³-hybridized carbons (Fsp3) is 0.167. The lowest BCUT2D eigenvalue weighted by molar-refractivity contribution is 0.255. The van der Waals surface area contributed by atoms with Crippen LogP contribution in [-0.2, 0) is 17.1 Å². The van der Waals surface area contributed by atoms with Gasteiger partial charge in [-0.2, -0.15) is 5.10 Å². The minimum Gasteiger partial charge on any atom is -0.504 e. The fourth-order valence-electron chi connectivity index (χ4n) is 2.15. The van der Waals surface area contributed by atoms with Crippen molar-refractivity contribution in [1.82, 2.24) is 9.78 Å². The second kappa shape index (κ2) is 5.72. The Morgan fingerprint density at radius 2 is 2.04 bits per heavy atom. The third kappa shape index (κ3) is 3.09. The van der Waals surface area contributed by atoms with Gasteiger partial charge in [0.1, 0.15) is 10.7 Å². The molecule has 0 fully saturated rings. The molecule has 2 aromatic rings. The number of carbonyl (C=O) groups excluding carboxylic acids is 1. The van der Waals surface area contributed by atoms with Crippen molar-refractivity contribution in [1.29, 1.82) is 0 Å². The normalized spacial score (nSPS) is 11.5. The van der Waals surface area contributed by atoms with Gasteiger partial charge in [0.2, 0.25) is 10.0 Å². The van der Waals surface area contributed by atoms with E-state index >= 15 is 0 Å². The highest BCUT2D eigenvalue weighted by Gasteiger charge is 2.28. The number of urea groups is 1. The van der Waals surface area contributed by atoms with Gasteiger partial charge < -0.3 is 10.8 Å². The van der Waals surface area contributed by atoms with E-state index in [1.54, 1.807) is 14.0 Å². The summed E-state index contributed by atoms with van der Waals surface area (Å²) < 4.78 is 24.6. The molecule has 1 aromatic heterocycles. The number of anilines is 2. The Morgan fingerprint density at radius 3 is 2.48 bits per heavy atom. The van der Waals surface area contributed by atoms with E-state index in [2.05, 4.69) is 5.10 Å². The first-order valence-corrected chi connectivity index (χ1v) is 8.11. The van der Waals surface area contributed by atoms with Crippen LogP contribution in [0.4, 0.5) is 16.3 Å². The molecule has 9 nitrogen and oxygen atoms in total. The van der Waals surface area contributed by atoms with Crippen molar-refractivity contribution in [2.75, 3.05) is 4.90 Å². The Balaban J connectivity index is 2.77. The average molecular weight is 360 g/mol. The highest BCUT2D eigenvalue weighted by Crippen LogP contribution is 2.40. The van der Waals surface area contributed by atoms with Crippen molar-refractivity contribution in [3.8, 4) is 5.75 Å². The van der Waals surface area contributed by atoms with Gasteiger partial charge in [-0.05, 0) is 19.1 Å². The van der Waals surface area contributed by atoms with Crippen LogP contribution in [0.2, 0.25) is 5.02 Å². The van der Waals surface area contributed by atoms with Crippen LogP contribution in [0.1, 0.15) is 5.69 Å². The second-order valence-electron chi connectivity index (χ2n) is 4.73. The molecule has 0 aliphatic heterocycles. The first-order valence-electron chi connectivity index (χ1n) is 6.18. The van der Waals surface area contributed by atoms with E-state index in [1.807, 2.05) is 0 Å². The molecule has 0 saturated carbocycles. The largest absolute Gasteiger partial charge is 0.504 e. The number of phenols is 1. The van der Waals surface area contributed by atoms with E-state index in [0.717, 1.165) is 4.90 Å². The van der Waals surface area contributed by atoms with Crippen LogP contribution in [0.15, 0.2) is 23.1 Å². The standard InChI is InChI=1S/C12H14ClN5O4S/c1-6-5-9(17(2)16-6)18(12(14)20)8-4-3-7(13)11(10(8)19)23(15,21)22/h3-5,19H,1-2H3,(H2,14,20)(H2,15,21,22). The Bertz CT molecular complexity index is 893. The average Bonchev–Trinajstić information content (AvgIpc) is 2.69. The van der Waals surface area contributed by atoms with Gasteiger partial charge in [-0.1, -0.05) is 11.6 Å². The summed E-state index contributed by atoms with van der Waals surface area (Å²) in [4.78, 5) is 12.1. The number of aromatic nitrogens is 2. The van der Waals surface area contributed by atoms with Gasteiger partial charge in [-0.25, -0.2) is 23.3 Å². The highest BCUT2D eigenvalue weighted by atomic mass is 35.5. The zero-order valence-electron chi connectivity index (χ0n) is 12.2. The summed E-state index contributed by atoms with van der Waals surface area (Å²) in [6.45, 7) is 1.69. The number of primary amides is 1. The molecule has 0 radical (unpaired) electrons. The van der Waals surface area contributed by atoms with Crippen LogP contribution < -0.4 is 15.8 Å². The predicted molar refractivity (Wildman–Crippen MR) is 84.2 cm³/mol. The minimum atomic E-state index is -4.32. The maximum atomic E-state index is 11.8. The summed E-state index contributed by atoms with van der Waals surface area (Å²) in [5.41, 5.74) is 5.77. The molecule has 124 valence electrons. The maximum absolute atomic E-state index is 11.8. The number of phenolic OH excluding ortho intramolecular Hbond substituents is 1. The van der Waals surface area contributed by atoms with Gasteiger partial charge in [0.05, 0.1) is 16.4 Å². The summed E-state index contributed by atoms with van der Waals surface area (Å²) >= 11 is 5.78. The van der Waals surface area contributed by atoms with E-state index in [-0.39, 0.29) is 16.5 Å². The molecule has 0 aliphatic rings. The Kier molecular flexibility index (Phi) is 4.24. The van der Waals surface area contributed by atoms with Crippen molar-refractivity contribution in [3.05, 3.63) is 28.9 Å². The van der Waals surface area contributed by atoms with Gasteiger partial charge in [0, 0.05) is 13.1 Å². The van der Waals surface area contributed by atoms with Crippen LogP contribution in [0, 0.1) is 6.92 Å². The number of primary sulfonamides is 1. The first-order chi connectivity index (χ1) is 10.5. The second-order valence-corrected chi connectivity index (χ2v) is 6.64. The molecule has 23 heavy (non-hydrogen) atoms. The molecule has 5 N–H and O–H groups in total. The lowest BCUT2D eigenvalue weighted by atomic mass is 10.2. The monoisotopic (exact) mass is 359 g/mol. The zero-order valence-corrected chi connectivity index (χ0v) is 13.8. The van der Waals surface area contributed by atoms with Gasteiger partial charge >= 0.3 is 6.03 Å². The molecular weight excluding hydrogens is 346 g/mol. The van der Waals surface area contributed by atoms with Crippen molar-refractivity contribution in [2.24, 2.45) is 17.9 Å². The summed E-state index contributed by atoms with van der Waals surface area (Å²) in [5.74, 6) is -0.550. The number of hydrogen-bond acceptors (Lipinski definition) is 5. The molecule has 2 amide bonds. The number of aryl methyl sites for hydroxylation is 2. The molecule has 0 atom stereocenters. The number of hydrogen-bond donors (Lipinski definition) is 3.